The Balaban J connectivity index is 2.08. The molecule has 2 atom stereocenters. The Labute approximate surface area is 93.9 Å². The number of hydrogen-bond acceptors (Lipinski definition) is 0. The molecule has 1 aromatic rings. The molecule has 0 N–H and O–H groups in total. The minimum Gasteiger partial charge on any atom is -0.0826 e. The van der Waals surface area contributed by atoms with Gasteiger partial charge in [0.25, 0.3) is 0 Å². The lowest BCUT2D eigenvalue weighted by atomic mass is 9.84. The van der Waals surface area contributed by atoms with Crippen molar-refractivity contribution in [1.82, 2.24) is 0 Å². The van der Waals surface area contributed by atoms with Crippen LogP contribution in [0.3, 0.4) is 0 Å². The van der Waals surface area contributed by atoms with E-state index in [1.54, 1.807) is 5.56 Å². The predicted molar refractivity (Wildman–Crippen MR) is 65.5 cm³/mol. The van der Waals surface area contributed by atoms with Gasteiger partial charge in [0.1, 0.15) is 0 Å². The topological polar surface area (TPSA) is 0 Å². The molecule has 0 aliphatic heterocycles. The Morgan fingerprint density at radius 2 is 1.85 bits per heavy atom. The number of hydrogen-bond donors (Lipinski definition) is 0. The van der Waals surface area contributed by atoms with E-state index in [2.05, 4.69) is 52.9 Å². The van der Waals surface area contributed by atoms with E-state index in [0.29, 0.717) is 0 Å². The highest BCUT2D eigenvalue weighted by Crippen LogP contribution is 2.35. The van der Waals surface area contributed by atoms with Crippen LogP contribution < -0.4 is 0 Å². The van der Waals surface area contributed by atoms with E-state index >= 15 is 0 Å². The van der Waals surface area contributed by atoms with E-state index in [9.17, 15) is 0 Å². The van der Waals surface area contributed by atoms with Gasteiger partial charge in [0.05, 0.1) is 0 Å². The van der Waals surface area contributed by atoms with Gasteiger partial charge in [0.15, 0.2) is 0 Å². The minimum atomic E-state index is 0.830. The SMILES string of the molecule is IC1CCCC(c2ccccc2)C1. The lowest BCUT2D eigenvalue weighted by Crippen LogP contribution is -2.13. The highest BCUT2D eigenvalue weighted by Gasteiger charge is 2.20. The van der Waals surface area contributed by atoms with Crippen LogP contribution in [0.25, 0.3) is 0 Å². The first kappa shape index (κ1) is 9.50. The van der Waals surface area contributed by atoms with Crippen molar-refractivity contribution in [3.05, 3.63) is 35.9 Å². The molecular weight excluding hydrogens is 271 g/mol. The fourth-order valence-electron chi connectivity index (χ4n) is 2.16. The summed E-state index contributed by atoms with van der Waals surface area (Å²) in [6.07, 6.45) is 5.60. The Kier molecular flexibility index (Phi) is 3.25. The van der Waals surface area contributed by atoms with E-state index in [4.69, 9.17) is 0 Å². The molecule has 1 aromatic carbocycles. The van der Waals surface area contributed by atoms with E-state index in [1.807, 2.05) is 0 Å². The average Bonchev–Trinajstić information content (AvgIpc) is 2.19. The largest absolute Gasteiger partial charge is 0.0826 e. The summed E-state index contributed by atoms with van der Waals surface area (Å²) in [4.78, 5) is 0. The van der Waals surface area contributed by atoms with Gasteiger partial charge < -0.3 is 0 Å². The maximum Gasteiger partial charge on any atom is 0.0115 e. The Bertz CT molecular complexity index is 255. The van der Waals surface area contributed by atoms with Crippen molar-refractivity contribution in [3.63, 3.8) is 0 Å². The van der Waals surface area contributed by atoms with Gasteiger partial charge in [-0.1, -0.05) is 59.3 Å². The van der Waals surface area contributed by atoms with E-state index in [1.165, 1.54) is 25.7 Å². The fraction of sp³-hybridized carbons (Fsp3) is 0.500. The zero-order chi connectivity index (χ0) is 9.10. The Hall–Kier alpha value is -0.0500. The molecule has 2 rings (SSSR count). The normalized spacial score (nSPS) is 28.7. The summed E-state index contributed by atoms with van der Waals surface area (Å²) in [5.41, 5.74) is 1.55. The first-order valence-corrected chi connectivity index (χ1v) is 6.30. The molecule has 13 heavy (non-hydrogen) atoms. The van der Waals surface area contributed by atoms with Crippen LogP contribution in [0.15, 0.2) is 30.3 Å². The van der Waals surface area contributed by atoms with Crippen molar-refractivity contribution in [2.24, 2.45) is 0 Å². The van der Waals surface area contributed by atoms with Crippen LogP contribution in [0.1, 0.15) is 37.2 Å². The Morgan fingerprint density at radius 3 is 2.54 bits per heavy atom. The molecule has 0 radical (unpaired) electrons. The van der Waals surface area contributed by atoms with Crippen molar-refractivity contribution in [2.75, 3.05) is 0 Å². The maximum absolute atomic E-state index is 2.60. The number of alkyl halides is 1. The summed E-state index contributed by atoms with van der Waals surface area (Å²) in [6, 6.07) is 11.0. The molecule has 0 saturated heterocycles. The van der Waals surface area contributed by atoms with Gasteiger partial charge in [0, 0.05) is 3.92 Å². The van der Waals surface area contributed by atoms with Crippen LogP contribution in [-0.2, 0) is 0 Å². The highest BCUT2D eigenvalue weighted by molar-refractivity contribution is 14.1. The van der Waals surface area contributed by atoms with Crippen molar-refractivity contribution >= 4 is 22.6 Å². The molecule has 0 amide bonds. The number of rotatable bonds is 1. The van der Waals surface area contributed by atoms with Crippen LogP contribution in [-0.4, -0.2) is 3.92 Å². The zero-order valence-electron chi connectivity index (χ0n) is 7.75. The van der Waals surface area contributed by atoms with Crippen molar-refractivity contribution in [3.8, 4) is 0 Å². The van der Waals surface area contributed by atoms with Crippen molar-refractivity contribution < 1.29 is 0 Å². The summed E-state index contributed by atoms with van der Waals surface area (Å²) in [5, 5.41) is 0. The predicted octanol–water partition coefficient (Wildman–Crippen LogP) is 4.15. The highest BCUT2D eigenvalue weighted by atomic mass is 127. The molecule has 2 unspecified atom stereocenters. The van der Waals surface area contributed by atoms with Gasteiger partial charge in [-0.15, -0.1) is 0 Å². The third-order valence-electron chi connectivity index (χ3n) is 2.88. The first-order valence-electron chi connectivity index (χ1n) is 5.05. The molecule has 0 bridgehead atoms. The van der Waals surface area contributed by atoms with Crippen LogP contribution in [0.5, 0.6) is 0 Å². The second-order valence-electron chi connectivity index (χ2n) is 3.87. The third kappa shape index (κ3) is 2.46. The molecule has 0 spiro atoms. The fourth-order valence-corrected chi connectivity index (χ4v) is 3.21. The maximum atomic E-state index is 2.60. The smallest absolute Gasteiger partial charge is 0.0115 e. The quantitative estimate of drug-likeness (QED) is 0.537. The standard InChI is InChI=1S/C12H15I/c13-12-8-4-7-11(9-12)10-5-2-1-3-6-10/h1-3,5-6,11-12H,4,7-9H2. The van der Waals surface area contributed by atoms with E-state index < -0.39 is 0 Å². The minimum absolute atomic E-state index is 0.830. The van der Waals surface area contributed by atoms with Gasteiger partial charge in [-0.3, -0.25) is 0 Å². The molecular formula is C12H15I. The molecule has 0 aromatic heterocycles. The van der Waals surface area contributed by atoms with Crippen molar-refractivity contribution in [2.45, 2.75) is 35.5 Å². The lowest BCUT2D eigenvalue weighted by molar-refractivity contribution is 0.463. The summed E-state index contributed by atoms with van der Waals surface area (Å²) in [5.74, 6) is 0.830. The second kappa shape index (κ2) is 4.45. The van der Waals surface area contributed by atoms with Crippen molar-refractivity contribution in [1.29, 1.82) is 0 Å². The molecule has 1 aliphatic carbocycles. The lowest BCUT2D eigenvalue weighted by Gasteiger charge is -2.25. The summed E-state index contributed by atoms with van der Waals surface area (Å²) in [7, 11) is 0. The summed E-state index contributed by atoms with van der Waals surface area (Å²) < 4.78 is 0.900. The van der Waals surface area contributed by atoms with Gasteiger partial charge >= 0.3 is 0 Å². The molecule has 70 valence electrons. The summed E-state index contributed by atoms with van der Waals surface area (Å²) >= 11 is 2.60. The third-order valence-corrected chi connectivity index (χ3v) is 4.01. The molecule has 0 nitrogen and oxygen atoms in total. The first-order chi connectivity index (χ1) is 6.36. The molecule has 0 heterocycles. The Morgan fingerprint density at radius 1 is 1.08 bits per heavy atom. The van der Waals surface area contributed by atoms with Crippen LogP contribution in [0.4, 0.5) is 0 Å². The van der Waals surface area contributed by atoms with Gasteiger partial charge in [0.2, 0.25) is 0 Å². The van der Waals surface area contributed by atoms with Crippen LogP contribution in [0.2, 0.25) is 0 Å². The molecule has 1 aliphatic rings. The van der Waals surface area contributed by atoms with Crippen LogP contribution in [0, 0.1) is 0 Å². The number of halogens is 1. The molecule has 1 saturated carbocycles. The van der Waals surface area contributed by atoms with Gasteiger partial charge in [-0.25, -0.2) is 0 Å². The molecule has 1 fully saturated rings. The van der Waals surface area contributed by atoms with E-state index in [0.717, 1.165) is 9.84 Å². The van der Waals surface area contributed by atoms with Crippen LogP contribution >= 0.6 is 22.6 Å². The van der Waals surface area contributed by atoms with Gasteiger partial charge in [-0.2, -0.15) is 0 Å². The summed E-state index contributed by atoms with van der Waals surface area (Å²) in [6.45, 7) is 0. The monoisotopic (exact) mass is 286 g/mol. The zero-order valence-corrected chi connectivity index (χ0v) is 9.91. The van der Waals surface area contributed by atoms with E-state index in [-0.39, 0.29) is 0 Å². The molecule has 1 heteroatoms. The number of benzene rings is 1. The van der Waals surface area contributed by atoms with Gasteiger partial charge in [-0.05, 0) is 30.7 Å². The average molecular weight is 286 g/mol. The second-order valence-corrected chi connectivity index (χ2v) is 5.63.